The van der Waals surface area contributed by atoms with E-state index < -0.39 is 0 Å². The second kappa shape index (κ2) is 4.60. The van der Waals surface area contributed by atoms with Crippen LogP contribution >= 0.6 is 0 Å². The van der Waals surface area contributed by atoms with Crippen molar-refractivity contribution in [2.75, 3.05) is 13.2 Å². The summed E-state index contributed by atoms with van der Waals surface area (Å²) in [6.45, 7) is 5.67. The Morgan fingerprint density at radius 2 is 2.38 bits per heavy atom. The average molecular weight is 223 g/mol. The highest BCUT2D eigenvalue weighted by Crippen LogP contribution is 2.40. The molecule has 1 aromatic rings. The zero-order valence-electron chi connectivity index (χ0n) is 10.1. The fourth-order valence-corrected chi connectivity index (χ4v) is 2.51. The first-order valence-electron chi connectivity index (χ1n) is 6.03. The van der Waals surface area contributed by atoms with E-state index in [1.54, 1.807) is 6.26 Å². The van der Waals surface area contributed by atoms with Gasteiger partial charge >= 0.3 is 0 Å². The lowest BCUT2D eigenvalue weighted by atomic mass is 9.75. The third-order valence-electron chi connectivity index (χ3n) is 3.28. The molecular weight excluding hydrogens is 202 g/mol. The summed E-state index contributed by atoms with van der Waals surface area (Å²) in [6.07, 6.45) is 4.75. The van der Waals surface area contributed by atoms with Crippen LogP contribution in [-0.4, -0.2) is 18.3 Å². The second-order valence-corrected chi connectivity index (χ2v) is 5.43. The van der Waals surface area contributed by atoms with Crippen molar-refractivity contribution in [3.8, 4) is 0 Å². The molecule has 0 spiro atoms. The predicted octanol–water partition coefficient (Wildman–Crippen LogP) is 2.27. The van der Waals surface area contributed by atoms with Gasteiger partial charge in [0.1, 0.15) is 5.76 Å². The van der Waals surface area contributed by atoms with Gasteiger partial charge in [0.25, 0.3) is 0 Å². The zero-order valence-corrected chi connectivity index (χ0v) is 10.1. The first-order chi connectivity index (χ1) is 7.62. The molecule has 1 aliphatic carbocycles. The predicted molar refractivity (Wildman–Crippen MR) is 63.3 cm³/mol. The largest absolute Gasteiger partial charge is 0.469 e. The minimum absolute atomic E-state index is 0.251. The summed E-state index contributed by atoms with van der Waals surface area (Å²) in [4.78, 5) is 0. The maximum absolute atomic E-state index is 8.80. The highest BCUT2D eigenvalue weighted by molar-refractivity contribution is 5.26. The van der Waals surface area contributed by atoms with Gasteiger partial charge in [0.15, 0.2) is 0 Å². The highest BCUT2D eigenvalue weighted by atomic mass is 16.3. The quantitative estimate of drug-likeness (QED) is 0.770. The third-order valence-corrected chi connectivity index (χ3v) is 3.28. The van der Waals surface area contributed by atoms with Gasteiger partial charge < -0.3 is 14.8 Å². The van der Waals surface area contributed by atoms with Gasteiger partial charge in [-0.3, -0.25) is 0 Å². The van der Waals surface area contributed by atoms with E-state index >= 15 is 0 Å². The number of aliphatic hydroxyl groups is 1. The Kier molecular flexibility index (Phi) is 3.36. The van der Waals surface area contributed by atoms with Crippen LogP contribution in [0.15, 0.2) is 16.7 Å². The van der Waals surface area contributed by atoms with Gasteiger partial charge in [0.2, 0.25) is 0 Å². The summed E-state index contributed by atoms with van der Waals surface area (Å²) >= 11 is 0. The molecule has 0 fully saturated rings. The lowest BCUT2D eigenvalue weighted by molar-refractivity contribution is 0.229. The summed E-state index contributed by atoms with van der Waals surface area (Å²) in [7, 11) is 0. The molecule has 90 valence electrons. The molecule has 3 nitrogen and oxygen atoms in total. The van der Waals surface area contributed by atoms with Crippen molar-refractivity contribution in [1.29, 1.82) is 0 Å². The standard InChI is InChI=1S/C13H21NO2/c1-13(2)8-11(14-5-3-6-15)10-4-7-16-12(10)9-13/h4,7,11,14-15H,3,5-6,8-9H2,1-2H3. The van der Waals surface area contributed by atoms with Gasteiger partial charge in [-0.2, -0.15) is 0 Å². The Morgan fingerprint density at radius 3 is 3.12 bits per heavy atom. The fraction of sp³-hybridized carbons (Fsp3) is 0.692. The molecule has 1 atom stereocenters. The first kappa shape index (κ1) is 11.7. The molecule has 1 heterocycles. The van der Waals surface area contributed by atoms with Crippen LogP contribution in [0.3, 0.4) is 0 Å². The second-order valence-electron chi connectivity index (χ2n) is 5.43. The van der Waals surface area contributed by atoms with Gasteiger partial charge in [-0.25, -0.2) is 0 Å². The summed E-state index contributed by atoms with van der Waals surface area (Å²) in [5.74, 6) is 1.12. The summed E-state index contributed by atoms with van der Waals surface area (Å²) in [6, 6.07) is 2.45. The number of furan rings is 1. The van der Waals surface area contributed by atoms with Crippen LogP contribution in [0, 0.1) is 5.41 Å². The number of aliphatic hydroxyl groups excluding tert-OH is 1. The fourth-order valence-electron chi connectivity index (χ4n) is 2.51. The van der Waals surface area contributed by atoms with Crippen LogP contribution in [0.4, 0.5) is 0 Å². The van der Waals surface area contributed by atoms with E-state index in [4.69, 9.17) is 9.52 Å². The Morgan fingerprint density at radius 1 is 1.56 bits per heavy atom. The van der Waals surface area contributed by atoms with Crippen molar-refractivity contribution in [2.24, 2.45) is 5.41 Å². The van der Waals surface area contributed by atoms with Crippen molar-refractivity contribution in [3.05, 3.63) is 23.7 Å². The van der Waals surface area contributed by atoms with E-state index in [2.05, 4.69) is 25.2 Å². The maximum Gasteiger partial charge on any atom is 0.109 e. The lowest BCUT2D eigenvalue weighted by Gasteiger charge is -2.34. The molecule has 0 aliphatic heterocycles. The van der Waals surface area contributed by atoms with Crippen molar-refractivity contribution < 1.29 is 9.52 Å². The van der Waals surface area contributed by atoms with Crippen molar-refractivity contribution in [3.63, 3.8) is 0 Å². The number of hydrogen-bond acceptors (Lipinski definition) is 3. The van der Waals surface area contributed by atoms with Gasteiger partial charge in [-0.05, 0) is 30.9 Å². The Labute approximate surface area is 96.8 Å². The molecule has 0 bridgehead atoms. The SMILES string of the molecule is CC1(C)Cc2occc2C(NCCCO)C1. The molecule has 0 radical (unpaired) electrons. The molecule has 0 saturated carbocycles. The van der Waals surface area contributed by atoms with E-state index in [1.807, 2.05) is 0 Å². The van der Waals surface area contributed by atoms with E-state index in [0.29, 0.717) is 11.5 Å². The number of nitrogens with one attached hydrogen (secondary N) is 1. The van der Waals surface area contributed by atoms with E-state index in [9.17, 15) is 0 Å². The molecule has 1 aliphatic rings. The number of hydrogen-bond donors (Lipinski definition) is 2. The molecule has 0 saturated heterocycles. The Bertz CT molecular complexity index is 343. The minimum atomic E-state index is 0.251. The molecule has 1 unspecified atom stereocenters. The van der Waals surface area contributed by atoms with E-state index in [0.717, 1.165) is 31.6 Å². The van der Waals surface area contributed by atoms with Crippen LogP contribution in [0.1, 0.15) is 44.1 Å². The van der Waals surface area contributed by atoms with E-state index in [-0.39, 0.29) is 6.61 Å². The topological polar surface area (TPSA) is 45.4 Å². The molecule has 3 heteroatoms. The highest BCUT2D eigenvalue weighted by Gasteiger charge is 2.33. The van der Waals surface area contributed by atoms with Crippen LogP contribution in [-0.2, 0) is 6.42 Å². The van der Waals surface area contributed by atoms with Crippen molar-refractivity contribution in [2.45, 2.75) is 39.2 Å². The molecule has 0 amide bonds. The summed E-state index contributed by atoms with van der Waals surface area (Å²) in [5, 5.41) is 12.3. The van der Waals surface area contributed by atoms with Crippen molar-refractivity contribution in [1.82, 2.24) is 5.32 Å². The minimum Gasteiger partial charge on any atom is -0.469 e. The molecular formula is C13H21NO2. The first-order valence-corrected chi connectivity index (χ1v) is 6.03. The van der Waals surface area contributed by atoms with Gasteiger partial charge in [-0.1, -0.05) is 13.8 Å². The van der Waals surface area contributed by atoms with Gasteiger partial charge in [0.05, 0.1) is 6.26 Å². The zero-order chi connectivity index (χ0) is 11.6. The van der Waals surface area contributed by atoms with Gasteiger partial charge in [-0.15, -0.1) is 0 Å². The van der Waals surface area contributed by atoms with Crippen LogP contribution < -0.4 is 5.32 Å². The monoisotopic (exact) mass is 223 g/mol. The van der Waals surface area contributed by atoms with Crippen LogP contribution in [0.5, 0.6) is 0 Å². The number of fused-ring (bicyclic) bond motifs is 1. The van der Waals surface area contributed by atoms with Gasteiger partial charge in [0, 0.05) is 24.6 Å². The molecule has 16 heavy (non-hydrogen) atoms. The number of rotatable bonds is 4. The lowest BCUT2D eigenvalue weighted by Crippen LogP contribution is -2.33. The smallest absolute Gasteiger partial charge is 0.109 e. The molecule has 0 aromatic carbocycles. The van der Waals surface area contributed by atoms with Crippen LogP contribution in [0.2, 0.25) is 0 Å². The van der Waals surface area contributed by atoms with E-state index in [1.165, 1.54) is 5.56 Å². The normalized spacial score (nSPS) is 23.1. The molecule has 2 N–H and O–H groups in total. The molecule has 1 aromatic heterocycles. The Hall–Kier alpha value is -0.800. The molecule has 2 rings (SSSR count). The van der Waals surface area contributed by atoms with Crippen molar-refractivity contribution >= 4 is 0 Å². The Balaban J connectivity index is 2.07. The summed E-state index contributed by atoms with van der Waals surface area (Å²) in [5.41, 5.74) is 1.60. The van der Waals surface area contributed by atoms with Crippen LogP contribution in [0.25, 0.3) is 0 Å². The summed E-state index contributed by atoms with van der Waals surface area (Å²) < 4.78 is 5.54. The maximum atomic E-state index is 8.80. The average Bonchev–Trinajstić information content (AvgIpc) is 2.64. The third kappa shape index (κ3) is 2.47.